The summed E-state index contributed by atoms with van der Waals surface area (Å²) < 4.78 is 43.9. The van der Waals surface area contributed by atoms with E-state index >= 15 is 0 Å². The summed E-state index contributed by atoms with van der Waals surface area (Å²) in [4.78, 5) is 27.9. The van der Waals surface area contributed by atoms with E-state index in [1.54, 1.807) is 34.1 Å². The van der Waals surface area contributed by atoms with Gasteiger partial charge in [0.15, 0.2) is 6.61 Å². The number of alkyl halides is 3. The van der Waals surface area contributed by atoms with Crippen LogP contribution in [-0.4, -0.2) is 35.9 Å². The van der Waals surface area contributed by atoms with Crippen LogP contribution in [0.1, 0.15) is 36.8 Å². The van der Waals surface area contributed by atoms with Crippen molar-refractivity contribution in [1.29, 1.82) is 0 Å². The maximum Gasteiger partial charge on any atom is 0.416 e. The first-order valence-corrected chi connectivity index (χ1v) is 10.3. The second-order valence-corrected chi connectivity index (χ2v) is 7.88. The molecule has 1 saturated heterocycles. The number of ether oxygens (including phenoxy) is 1. The highest BCUT2D eigenvalue weighted by molar-refractivity contribution is 5.95. The fourth-order valence-corrected chi connectivity index (χ4v) is 3.67. The summed E-state index contributed by atoms with van der Waals surface area (Å²) in [6.07, 6.45) is -1.21. The lowest BCUT2D eigenvalue weighted by molar-refractivity contribution is -0.138. The van der Waals surface area contributed by atoms with Crippen LogP contribution in [-0.2, 0) is 22.3 Å². The van der Waals surface area contributed by atoms with E-state index in [1.807, 2.05) is 0 Å². The molecule has 5 nitrogen and oxygen atoms in total. The molecular formula is C23H23F3N2O3. The number of rotatable bonds is 7. The third kappa shape index (κ3) is 5.18. The third-order valence-corrected chi connectivity index (χ3v) is 5.53. The summed E-state index contributed by atoms with van der Waals surface area (Å²) in [6, 6.07) is 12.0. The monoisotopic (exact) mass is 432 g/mol. The van der Waals surface area contributed by atoms with Gasteiger partial charge in [-0.1, -0.05) is 12.1 Å². The highest BCUT2D eigenvalue weighted by Gasteiger charge is 2.33. The molecule has 164 valence electrons. The minimum absolute atomic E-state index is 0.0990. The van der Waals surface area contributed by atoms with Crippen LogP contribution in [0.3, 0.4) is 0 Å². The van der Waals surface area contributed by atoms with E-state index < -0.39 is 11.7 Å². The largest absolute Gasteiger partial charge is 0.484 e. The van der Waals surface area contributed by atoms with Gasteiger partial charge in [-0.2, -0.15) is 13.2 Å². The number of amides is 2. The lowest BCUT2D eigenvalue weighted by atomic mass is 10.1. The van der Waals surface area contributed by atoms with Gasteiger partial charge in [-0.25, -0.2) is 0 Å². The van der Waals surface area contributed by atoms with Gasteiger partial charge in [0, 0.05) is 31.2 Å². The lowest BCUT2D eigenvalue weighted by Gasteiger charge is -2.23. The van der Waals surface area contributed by atoms with Crippen LogP contribution in [0.15, 0.2) is 48.5 Å². The number of hydrogen-bond acceptors (Lipinski definition) is 3. The average Bonchev–Trinajstić information content (AvgIpc) is 3.50. The average molecular weight is 432 g/mol. The van der Waals surface area contributed by atoms with E-state index in [1.165, 1.54) is 12.1 Å². The molecule has 0 N–H and O–H groups in total. The molecular weight excluding hydrogens is 409 g/mol. The molecule has 1 saturated carbocycles. The Morgan fingerprint density at radius 1 is 1.06 bits per heavy atom. The smallest absolute Gasteiger partial charge is 0.416 e. The zero-order chi connectivity index (χ0) is 22.0. The molecule has 2 aromatic rings. The molecule has 2 aliphatic rings. The number of benzene rings is 2. The molecule has 2 fully saturated rings. The van der Waals surface area contributed by atoms with Crippen molar-refractivity contribution in [2.24, 2.45) is 0 Å². The molecule has 2 aromatic carbocycles. The van der Waals surface area contributed by atoms with Gasteiger partial charge in [-0.15, -0.1) is 0 Å². The molecule has 8 heteroatoms. The number of anilines is 1. The molecule has 1 heterocycles. The van der Waals surface area contributed by atoms with Gasteiger partial charge in [0.05, 0.1) is 5.56 Å². The number of hydrogen-bond donors (Lipinski definition) is 0. The van der Waals surface area contributed by atoms with Crippen LogP contribution in [0.4, 0.5) is 18.9 Å². The number of carbonyl (C=O) groups excluding carboxylic acids is 2. The Hall–Kier alpha value is -3.03. The van der Waals surface area contributed by atoms with Crippen molar-refractivity contribution >= 4 is 17.5 Å². The first-order valence-electron chi connectivity index (χ1n) is 10.3. The predicted octanol–water partition coefficient (Wildman–Crippen LogP) is 4.40. The molecule has 0 atom stereocenters. The Bertz CT molecular complexity index is 938. The Morgan fingerprint density at radius 3 is 2.29 bits per heavy atom. The van der Waals surface area contributed by atoms with Gasteiger partial charge in [0.25, 0.3) is 5.91 Å². The topological polar surface area (TPSA) is 49.9 Å². The van der Waals surface area contributed by atoms with Crippen LogP contribution in [0.25, 0.3) is 0 Å². The van der Waals surface area contributed by atoms with Gasteiger partial charge in [-0.3, -0.25) is 9.59 Å². The summed E-state index contributed by atoms with van der Waals surface area (Å²) in [7, 11) is 0. The first kappa shape index (κ1) is 21.2. The van der Waals surface area contributed by atoms with E-state index in [-0.39, 0.29) is 31.0 Å². The van der Waals surface area contributed by atoms with E-state index in [0.29, 0.717) is 24.3 Å². The zero-order valence-electron chi connectivity index (χ0n) is 16.9. The van der Waals surface area contributed by atoms with Crippen LogP contribution in [0, 0.1) is 0 Å². The van der Waals surface area contributed by atoms with Gasteiger partial charge in [0.2, 0.25) is 5.91 Å². The van der Waals surface area contributed by atoms with Crippen LogP contribution in [0.2, 0.25) is 0 Å². The summed E-state index contributed by atoms with van der Waals surface area (Å²) in [5.41, 5.74) is 0.749. The molecule has 0 spiro atoms. The summed E-state index contributed by atoms with van der Waals surface area (Å²) >= 11 is 0. The van der Waals surface area contributed by atoms with Gasteiger partial charge < -0.3 is 14.5 Å². The SMILES string of the molecule is O=C1CCCN1c1ccc(OCC(=O)N(Cc2ccc(C(F)(F)F)cc2)C2CC2)cc1. The quantitative estimate of drug-likeness (QED) is 0.652. The minimum Gasteiger partial charge on any atom is -0.484 e. The number of nitrogens with zero attached hydrogens (tertiary/aromatic N) is 2. The standard InChI is InChI=1S/C23H23F3N2O3/c24-23(25,26)17-5-3-16(4-6-17)14-28(19-7-8-19)22(30)15-31-20-11-9-18(10-12-20)27-13-1-2-21(27)29/h3-6,9-12,19H,1-2,7-8,13-15H2. The predicted molar refractivity (Wildman–Crippen MR) is 109 cm³/mol. The Morgan fingerprint density at radius 2 is 1.74 bits per heavy atom. The summed E-state index contributed by atoms with van der Waals surface area (Å²) in [6.45, 7) is 0.804. The second-order valence-electron chi connectivity index (χ2n) is 7.88. The molecule has 4 rings (SSSR count). The molecule has 2 amide bonds. The van der Waals surface area contributed by atoms with Crippen LogP contribution < -0.4 is 9.64 Å². The van der Waals surface area contributed by atoms with Crippen molar-refractivity contribution in [1.82, 2.24) is 4.90 Å². The highest BCUT2D eigenvalue weighted by Crippen LogP contribution is 2.31. The van der Waals surface area contributed by atoms with E-state index in [4.69, 9.17) is 4.74 Å². The Kier molecular flexibility index (Phi) is 5.89. The van der Waals surface area contributed by atoms with E-state index in [9.17, 15) is 22.8 Å². The Labute approximate surface area is 178 Å². The summed E-state index contributed by atoms with van der Waals surface area (Å²) in [5.74, 6) is 0.419. The van der Waals surface area contributed by atoms with E-state index in [2.05, 4.69) is 0 Å². The Balaban J connectivity index is 1.34. The van der Waals surface area contributed by atoms with E-state index in [0.717, 1.165) is 37.1 Å². The van der Waals surface area contributed by atoms with Crippen LogP contribution in [0.5, 0.6) is 5.75 Å². The molecule has 0 unspecified atom stereocenters. The molecule has 31 heavy (non-hydrogen) atoms. The number of halogens is 3. The molecule has 0 radical (unpaired) electrons. The fraction of sp³-hybridized carbons (Fsp3) is 0.391. The van der Waals surface area contributed by atoms with Gasteiger partial charge in [0.1, 0.15) is 5.75 Å². The van der Waals surface area contributed by atoms with Crippen molar-refractivity contribution in [3.8, 4) is 5.75 Å². The van der Waals surface area contributed by atoms with Gasteiger partial charge in [-0.05, 0) is 61.2 Å². The van der Waals surface area contributed by atoms with Crippen molar-refractivity contribution in [2.75, 3.05) is 18.1 Å². The molecule has 1 aliphatic carbocycles. The van der Waals surface area contributed by atoms with Crippen molar-refractivity contribution < 1.29 is 27.5 Å². The molecule has 0 bridgehead atoms. The summed E-state index contributed by atoms with van der Waals surface area (Å²) in [5, 5.41) is 0. The van der Waals surface area contributed by atoms with Crippen molar-refractivity contribution in [2.45, 2.75) is 44.4 Å². The third-order valence-electron chi connectivity index (χ3n) is 5.53. The van der Waals surface area contributed by atoms with Gasteiger partial charge >= 0.3 is 6.18 Å². The second kappa shape index (κ2) is 8.61. The maximum atomic E-state index is 12.7. The zero-order valence-corrected chi connectivity index (χ0v) is 16.9. The molecule has 1 aliphatic heterocycles. The highest BCUT2D eigenvalue weighted by atomic mass is 19.4. The van der Waals surface area contributed by atoms with Crippen molar-refractivity contribution in [3.63, 3.8) is 0 Å². The first-order chi connectivity index (χ1) is 14.8. The van der Waals surface area contributed by atoms with Crippen molar-refractivity contribution in [3.05, 3.63) is 59.7 Å². The molecule has 0 aromatic heterocycles. The number of carbonyl (C=O) groups is 2. The lowest BCUT2D eigenvalue weighted by Crippen LogP contribution is -2.36. The normalized spacial score (nSPS) is 16.5. The van der Waals surface area contributed by atoms with Crippen LogP contribution >= 0.6 is 0 Å². The fourth-order valence-electron chi connectivity index (χ4n) is 3.67. The maximum absolute atomic E-state index is 12.7. The minimum atomic E-state index is -4.38.